The highest BCUT2D eigenvalue weighted by Gasteiger charge is 2.15. The van der Waals surface area contributed by atoms with Crippen LogP contribution in [0.3, 0.4) is 0 Å². The van der Waals surface area contributed by atoms with E-state index < -0.39 is 0 Å². The van der Waals surface area contributed by atoms with Gasteiger partial charge in [-0.3, -0.25) is 0 Å². The summed E-state index contributed by atoms with van der Waals surface area (Å²) in [6.07, 6.45) is 3.46. The summed E-state index contributed by atoms with van der Waals surface area (Å²) in [5.41, 5.74) is 5.25. The minimum absolute atomic E-state index is 0.0512. The maximum Gasteiger partial charge on any atom is 0.114 e. The van der Waals surface area contributed by atoms with Gasteiger partial charge in [-0.15, -0.1) is 0 Å². The van der Waals surface area contributed by atoms with Gasteiger partial charge in [-0.1, -0.05) is 54.6 Å². The first kappa shape index (κ1) is 15.0. The first-order chi connectivity index (χ1) is 12.8. The lowest BCUT2D eigenvalue weighted by atomic mass is 10.1. The van der Waals surface area contributed by atoms with E-state index in [0.29, 0.717) is 0 Å². The largest absolute Gasteiger partial charge is 0.470 e. The van der Waals surface area contributed by atoms with Crippen LogP contribution >= 0.6 is 0 Å². The SMILES string of the molecule is OCc1ccc(-c2cc3c4ccccc4ccc3n2-c2ccoc2)cc1. The van der Waals surface area contributed by atoms with Crippen molar-refractivity contribution in [3.05, 3.63) is 90.9 Å². The molecule has 0 aliphatic rings. The third-order valence-corrected chi connectivity index (χ3v) is 4.91. The fourth-order valence-corrected chi connectivity index (χ4v) is 3.62. The van der Waals surface area contributed by atoms with Gasteiger partial charge in [0.2, 0.25) is 0 Å². The van der Waals surface area contributed by atoms with Crippen molar-refractivity contribution in [2.45, 2.75) is 6.61 Å². The van der Waals surface area contributed by atoms with Crippen LogP contribution in [-0.4, -0.2) is 9.67 Å². The molecule has 0 aliphatic carbocycles. The molecule has 1 N–H and O–H groups in total. The Morgan fingerprint density at radius 2 is 1.69 bits per heavy atom. The second-order valence-corrected chi connectivity index (χ2v) is 6.42. The quantitative estimate of drug-likeness (QED) is 0.469. The van der Waals surface area contributed by atoms with Crippen LogP contribution in [0.5, 0.6) is 0 Å². The van der Waals surface area contributed by atoms with Crippen molar-refractivity contribution in [2.75, 3.05) is 0 Å². The number of hydrogen-bond acceptors (Lipinski definition) is 2. The van der Waals surface area contributed by atoms with Gasteiger partial charge in [-0.25, -0.2) is 0 Å². The van der Waals surface area contributed by atoms with Crippen LogP contribution in [0, 0.1) is 0 Å². The zero-order valence-electron chi connectivity index (χ0n) is 14.1. The third-order valence-electron chi connectivity index (χ3n) is 4.91. The van der Waals surface area contributed by atoms with Crippen LogP contribution < -0.4 is 0 Å². The number of fused-ring (bicyclic) bond motifs is 3. The molecule has 5 aromatic rings. The summed E-state index contributed by atoms with van der Waals surface area (Å²) in [6.45, 7) is 0.0512. The molecule has 0 aliphatic heterocycles. The molecule has 0 atom stereocenters. The number of hydrogen-bond donors (Lipinski definition) is 1. The number of nitrogens with zero attached hydrogens (tertiary/aromatic N) is 1. The minimum Gasteiger partial charge on any atom is -0.470 e. The van der Waals surface area contributed by atoms with Gasteiger partial charge in [-0.05, 0) is 34.0 Å². The van der Waals surface area contributed by atoms with Gasteiger partial charge in [0, 0.05) is 11.5 Å². The van der Waals surface area contributed by atoms with Crippen molar-refractivity contribution in [3.63, 3.8) is 0 Å². The van der Waals surface area contributed by atoms with Crippen LogP contribution in [-0.2, 0) is 6.61 Å². The maximum absolute atomic E-state index is 9.32. The van der Waals surface area contributed by atoms with Crippen molar-refractivity contribution in [2.24, 2.45) is 0 Å². The van der Waals surface area contributed by atoms with Gasteiger partial charge >= 0.3 is 0 Å². The van der Waals surface area contributed by atoms with Gasteiger partial charge < -0.3 is 14.1 Å². The smallest absolute Gasteiger partial charge is 0.114 e. The number of aliphatic hydroxyl groups is 1. The fraction of sp³-hybridized carbons (Fsp3) is 0.0435. The maximum atomic E-state index is 9.32. The molecule has 126 valence electrons. The molecule has 3 nitrogen and oxygen atoms in total. The molecule has 0 radical (unpaired) electrons. The Morgan fingerprint density at radius 3 is 2.46 bits per heavy atom. The lowest BCUT2D eigenvalue weighted by Crippen LogP contribution is -1.95. The summed E-state index contributed by atoms with van der Waals surface area (Å²) in [7, 11) is 0. The molecule has 3 aromatic carbocycles. The van der Waals surface area contributed by atoms with E-state index >= 15 is 0 Å². The topological polar surface area (TPSA) is 38.3 Å². The van der Waals surface area contributed by atoms with E-state index in [4.69, 9.17) is 4.42 Å². The lowest BCUT2D eigenvalue weighted by Gasteiger charge is -2.09. The molecule has 0 saturated heterocycles. The molecule has 3 heteroatoms. The number of rotatable bonds is 3. The normalized spacial score (nSPS) is 11.4. The first-order valence-corrected chi connectivity index (χ1v) is 8.61. The summed E-state index contributed by atoms with van der Waals surface area (Å²) in [6, 6.07) is 25.0. The fourth-order valence-electron chi connectivity index (χ4n) is 3.62. The van der Waals surface area contributed by atoms with E-state index in [1.54, 1.807) is 12.5 Å². The summed E-state index contributed by atoms with van der Waals surface area (Å²) in [5.74, 6) is 0. The number of furan rings is 1. The molecular weight excluding hydrogens is 322 g/mol. The van der Waals surface area contributed by atoms with E-state index in [1.165, 1.54) is 16.2 Å². The highest BCUT2D eigenvalue weighted by molar-refractivity contribution is 6.09. The number of benzene rings is 3. The van der Waals surface area contributed by atoms with E-state index in [-0.39, 0.29) is 6.61 Å². The van der Waals surface area contributed by atoms with Gasteiger partial charge in [0.15, 0.2) is 0 Å². The Labute approximate surface area is 150 Å². The molecule has 0 bridgehead atoms. The predicted octanol–water partition coefficient (Wildman–Crippen LogP) is 5.54. The zero-order valence-corrected chi connectivity index (χ0v) is 14.1. The second-order valence-electron chi connectivity index (χ2n) is 6.42. The second kappa shape index (κ2) is 5.90. The Bertz CT molecular complexity index is 1200. The molecule has 26 heavy (non-hydrogen) atoms. The van der Waals surface area contributed by atoms with Crippen LogP contribution in [0.15, 0.2) is 89.7 Å². The molecule has 0 unspecified atom stereocenters. The van der Waals surface area contributed by atoms with Crippen molar-refractivity contribution < 1.29 is 9.52 Å². The van der Waals surface area contributed by atoms with Gasteiger partial charge in [0.05, 0.1) is 29.8 Å². The highest BCUT2D eigenvalue weighted by atomic mass is 16.3. The van der Waals surface area contributed by atoms with E-state index in [1.807, 2.05) is 18.2 Å². The molecule has 2 aromatic heterocycles. The van der Waals surface area contributed by atoms with Crippen molar-refractivity contribution in [3.8, 4) is 16.9 Å². The number of aliphatic hydroxyl groups excluding tert-OH is 1. The first-order valence-electron chi connectivity index (χ1n) is 8.61. The summed E-state index contributed by atoms with van der Waals surface area (Å²) >= 11 is 0. The molecule has 0 spiro atoms. The van der Waals surface area contributed by atoms with Crippen LogP contribution in [0.2, 0.25) is 0 Å². The highest BCUT2D eigenvalue weighted by Crippen LogP contribution is 2.35. The average Bonchev–Trinajstić information content (AvgIpc) is 3.35. The van der Waals surface area contributed by atoms with Crippen molar-refractivity contribution in [1.82, 2.24) is 4.57 Å². The average molecular weight is 339 g/mol. The summed E-state index contributed by atoms with van der Waals surface area (Å²) < 4.78 is 7.57. The molecule has 0 fully saturated rings. The van der Waals surface area contributed by atoms with Crippen LogP contribution in [0.4, 0.5) is 0 Å². The molecule has 0 saturated carbocycles. The third kappa shape index (κ3) is 2.25. The molecule has 2 heterocycles. The molecular formula is C23H17NO2. The van der Waals surface area contributed by atoms with Gasteiger partial charge in [0.1, 0.15) is 6.26 Å². The lowest BCUT2D eigenvalue weighted by molar-refractivity contribution is 0.282. The van der Waals surface area contributed by atoms with Gasteiger partial charge in [0.25, 0.3) is 0 Å². The molecule has 5 rings (SSSR count). The summed E-state index contributed by atoms with van der Waals surface area (Å²) in [4.78, 5) is 0. The Hall–Kier alpha value is -3.30. The predicted molar refractivity (Wildman–Crippen MR) is 104 cm³/mol. The van der Waals surface area contributed by atoms with Crippen LogP contribution in [0.1, 0.15) is 5.56 Å². The van der Waals surface area contributed by atoms with Crippen molar-refractivity contribution >= 4 is 21.7 Å². The molecule has 0 amide bonds. The van der Waals surface area contributed by atoms with E-state index in [2.05, 4.69) is 59.2 Å². The minimum atomic E-state index is 0.0512. The summed E-state index contributed by atoms with van der Waals surface area (Å²) in [5, 5.41) is 13.0. The Kier molecular flexibility index (Phi) is 3.40. The van der Waals surface area contributed by atoms with E-state index in [9.17, 15) is 5.11 Å². The van der Waals surface area contributed by atoms with Gasteiger partial charge in [-0.2, -0.15) is 0 Å². The zero-order chi connectivity index (χ0) is 17.5. The van der Waals surface area contributed by atoms with Crippen LogP contribution in [0.25, 0.3) is 38.6 Å². The Balaban J connectivity index is 1.86. The van der Waals surface area contributed by atoms with Crippen molar-refractivity contribution in [1.29, 1.82) is 0 Å². The Morgan fingerprint density at radius 1 is 0.846 bits per heavy atom. The number of aromatic nitrogens is 1. The monoisotopic (exact) mass is 339 g/mol. The van der Waals surface area contributed by atoms with E-state index in [0.717, 1.165) is 28.0 Å². The standard InChI is InChI=1S/C23H17NO2/c25-14-16-5-7-18(8-6-16)23-13-21-20-4-2-1-3-17(20)9-10-22(21)24(23)19-11-12-26-15-19/h1-13,15,25H,14H2.